The Morgan fingerprint density at radius 2 is 1.95 bits per heavy atom. The van der Waals surface area contributed by atoms with Gasteiger partial charge in [0.25, 0.3) is 0 Å². The van der Waals surface area contributed by atoms with Gasteiger partial charge in [0.1, 0.15) is 0 Å². The molecule has 1 aliphatic heterocycles. The average molecular weight is 275 g/mol. The Balaban J connectivity index is 2.20. The normalized spacial score (nSPS) is 19.1. The molecule has 4 nitrogen and oxygen atoms in total. The lowest BCUT2D eigenvalue weighted by Gasteiger charge is -2.33. The zero-order valence-corrected chi connectivity index (χ0v) is 13.0. The fraction of sp³-hybridized carbons (Fsp3) is 0.562. The number of anilines is 1. The van der Waals surface area contributed by atoms with E-state index in [1.807, 2.05) is 6.92 Å². The van der Waals surface area contributed by atoms with E-state index in [1.54, 1.807) is 7.05 Å². The van der Waals surface area contributed by atoms with Crippen molar-refractivity contribution in [2.24, 2.45) is 0 Å². The van der Waals surface area contributed by atoms with E-state index in [0.29, 0.717) is 0 Å². The van der Waals surface area contributed by atoms with Gasteiger partial charge in [-0.25, -0.2) is 4.79 Å². The predicted molar refractivity (Wildman–Crippen MR) is 83.3 cm³/mol. The van der Waals surface area contributed by atoms with E-state index in [9.17, 15) is 4.79 Å². The van der Waals surface area contributed by atoms with E-state index in [-0.39, 0.29) is 23.5 Å². The Morgan fingerprint density at radius 1 is 1.30 bits per heavy atom. The van der Waals surface area contributed by atoms with Crippen LogP contribution in [0.15, 0.2) is 24.3 Å². The number of benzene rings is 1. The maximum absolute atomic E-state index is 11.5. The Bertz CT molecular complexity index is 498. The second-order valence-corrected chi connectivity index (χ2v) is 6.28. The molecule has 0 saturated heterocycles. The Morgan fingerprint density at radius 3 is 2.60 bits per heavy atom. The Hall–Kier alpha value is -1.71. The van der Waals surface area contributed by atoms with Gasteiger partial charge < -0.3 is 15.5 Å². The van der Waals surface area contributed by atoms with Gasteiger partial charge in [-0.2, -0.15) is 0 Å². The first kappa shape index (κ1) is 14.7. The number of fused-ring (bicyclic) bond motifs is 1. The Labute approximate surface area is 121 Å². The zero-order chi connectivity index (χ0) is 14.9. The van der Waals surface area contributed by atoms with E-state index in [2.05, 4.69) is 60.6 Å². The van der Waals surface area contributed by atoms with Crippen molar-refractivity contribution in [3.05, 3.63) is 29.8 Å². The number of carbonyl (C=O) groups excluding carboxylic acids is 1. The lowest BCUT2D eigenvalue weighted by Crippen LogP contribution is -2.51. The van der Waals surface area contributed by atoms with Crippen LogP contribution < -0.4 is 15.5 Å². The van der Waals surface area contributed by atoms with Gasteiger partial charge in [0.2, 0.25) is 0 Å². The molecule has 4 heteroatoms. The van der Waals surface area contributed by atoms with Crippen molar-refractivity contribution in [1.29, 1.82) is 0 Å². The van der Waals surface area contributed by atoms with Crippen LogP contribution in [0.4, 0.5) is 10.5 Å². The SMILES string of the molecule is CNC(=O)NC(C)C(C)N1CC(C)(C)c2ccccc21. The maximum Gasteiger partial charge on any atom is 0.314 e. The van der Waals surface area contributed by atoms with E-state index in [1.165, 1.54) is 11.3 Å². The number of nitrogens with zero attached hydrogens (tertiary/aromatic N) is 1. The first-order valence-electron chi connectivity index (χ1n) is 7.21. The molecule has 0 radical (unpaired) electrons. The summed E-state index contributed by atoms with van der Waals surface area (Å²) in [4.78, 5) is 13.9. The Kier molecular flexibility index (Phi) is 3.93. The highest BCUT2D eigenvalue weighted by molar-refractivity contribution is 5.74. The van der Waals surface area contributed by atoms with E-state index in [0.717, 1.165) is 6.54 Å². The maximum atomic E-state index is 11.5. The van der Waals surface area contributed by atoms with Crippen molar-refractivity contribution in [3.63, 3.8) is 0 Å². The number of hydrogen-bond acceptors (Lipinski definition) is 2. The molecule has 1 aromatic rings. The van der Waals surface area contributed by atoms with Crippen molar-refractivity contribution >= 4 is 11.7 Å². The summed E-state index contributed by atoms with van der Waals surface area (Å²) in [6, 6.07) is 8.76. The largest absolute Gasteiger partial charge is 0.366 e. The van der Waals surface area contributed by atoms with Crippen LogP contribution in [0, 0.1) is 0 Å². The second-order valence-electron chi connectivity index (χ2n) is 6.28. The van der Waals surface area contributed by atoms with Gasteiger partial charge in [0.05, 0.1) is 0 Å². The smallest absolute Gasteiger partial charge is 0.314 e. The molecule has 110 valence electrons. The van der Waals surface area contributed by atoms with Gasteiger partial charge >= 0.3 is 6.03 Å². The van der Waals surface area contributed by atoms with E-state index >= 15 is 0 Å². The third-order valence-corrected chi connectivity index (χ3v) is 4.31. The summed E-state index contributed by atoms with van der Waals surface area (Å²) >= 11 is 0. The van der Waals surface area contributed by atoms with Gasteiger partial charge in [0.15, 0.2) is 0 Å². The number of urea groups is 1. The van der Waals surface area contributed by atoms with Crippen molar-refractivity contribution in [2.75, 3.05) is 18.5 Å². The van der Waals surface area contributed by atoms with Crippen LogP contribution in [0.2, 0.25) is 0 Å². The first-order chi connectivity index (χ1) is 9.36. The number of amides is 2. The van der Waals surface area contributed by atoms with Crippen LogP contribution in [-0.4, -0.2) is 31.7 Å². The molecule has 0 bridgehead atoms. The molecule has 0 aromatic heterocycles. The minimum atomic E-state index is -0.129. The van der Waals surface area contributed by atoms with Crippen LogP contribution in [0.3, 0.4) is 0 Å². The number of nitrogens with one attached hydrogen (secondary N) is 2. The molecule has 0 aliphatic carbocycles. The van der Waals surface area contributed by atoms with Gasteiger partial charge in [-0.3, -0.25) is 0 Å². The van der Waals surface area contributed by atoms with Crippen molar-refractivity contribution < 1.29 is 4.79 Å². The fourth-order valence-corrected chi connectivity index (χ4v) is 2.93. The molecular weight excluding hydrogens is 250 g/mol. The number of para-hydroxylation sites is 1. The molecule has 2 rings (SSSR count). The second kappa shape index (κ2) is 5.35. The molecule has 1 aliphatic rings. The number of rotatable bonds is 3. The van der Waals surface area contributed by atoms with E-state index < -0.39 is 0 Å². The van der Waals surface area contributed by atoms with Crippen LogP contribution in [0.5, 0.6) is 0 Å². The summed E-state index contributed by atoms with van der Waals surface area (Å²) in [7, 11) is 1.64. The summed E-state index contributed by atoms with van der Waals surface area (Å²) in [5.74, 6) is 0. The molecule has 1 heterocycles. The topological polar surface area (TPSA) is 44.4 Å². The fourth-order valence-electron chi connectivity index (χ4n) is 2.93. The highest BCUT2D eigenvalue weighted by Crippen LogP contribution is 2.41. The summed E-state index contributed by atoms with van der Waals surface area (Å²) in [5.41, 5.74) is 2.83. The van der Waals surface area contributed by atoms with Gasteiger partial charge in [-0.15, -0.1) is 0 Å². The van der Waals surface area contributed by atoms with E-state index in [4.69, 9.17) is 0 Å². The molecule has 0 spiro atoms. The quantitative estimate of drug-likeness (QED) is 0.890. The van der Waals surface area contributed by atoms with Crippen molar-refractivity contribution in [1.82, 2.24) is 10.6 Å². The highest BCUT2D eigenvalue weighted by atomic mass is 16.2. The third kappa shape index (κ3) is 2.60. The molecule has 20 heavy (non-hydrogen) atoms. The number of hydrogen-bond donors (Lipinski definition) is 2. The van der Waals surface area contributed by atoms with Crippen LogP contribution in [-0.2, 0) is 5.41 Å². The van der Waals surface area contributed by atoms with Crippen molar-refractivity contribution in [3.8, 4) is 0 Å². The summed E-state index contributed by atoms with van der Waals surface area (Å²) in [6.45, 7) is 9.74. The monoisotopic (exact) mass is 275 g/mol. The molecule has 0 saturated carbocycles. The molecule has 2 atom stereocenters. The summed E-state index contributed by atoms with van der Waals surface area (Å²) in [6.07, 6.45) is 0. The molecule has 2 amide bonds. The van der Waals surface area contributed by atoms with Gasteiger partial charge in [-0.1, -0.05) is 32.0 Å². The predicted octanol–water partition coefficient (Wildman–Crippen LogP) is 2.49. The van der Waals surface area contributed by atoms with Crippen LogP contribution in [0.1, 0.15) is 33.3 Å². The van der Waals surface area contributed by atoms with Gasteiger partial charge in [0, 0.05) is 36.8 Å². The van der Waals surface area contributed by atoms with Gasteiger partial charge in [-0.05, 0) is 25.5 Å². The lowest BCUT2D eigenvalue weighted by molar-refractivity contribution is 0.238. The zero-order valence-electron chi connectivity index (χ0n) is 13.0. The van der Waals surface area contributed by atoms with Crippen molar-refractivity contribution in [2.45, 2.75) is 45.2 Å². The number of carbonyl (C=O) groups is 1. The minimum absolute atomic E-state index is 0.0805. The minimum Gasteiger partial charge on any atom is -0.366 e. The van der Waals surface area contributed by atoms with Crippen LogP contribution in [0.25, 0.3) is 0 Å². The average Bonchev–Trinajstić information content (AvgIpc) is 2.70. The molecule has 0 fully saturated rings. The molecule has 2 unspecified atom stereocenters. The summed E-state index contributed by atoms with van der Waals surface area (Å²) < 4.78 is 0. The summed E-state index contributed by atoms with van der Waals surface area (Å²) in [5, 5.41) is 5.58. The standard InChI is InChI=1S/C16H25N3O/c1-11(18-15(20)17-5)12(2)19-10-16(3,4)13-8-6-7-9-14(13)19/h6-9,11-12H,10H2,1-5H3,(H2,17,18,20). The molecule has 1 aromatic carbocycles. The highest BCUT2D eigenvalue weighted by Gasteiger charge is 2.37. The van der Waals surface area contributed by atoms with Crippen LogP contribution >= 0.6 is 0 Å². The molecule has 2 N–H and O–H groups in total. The third-order valence-electron chi connectivity index (χ3n) is 4.31. The molecular formula is C16H25N3O. The lowest BCUT2D eigenvalue weighted by atomic mass is 9.87. The first-order valence-corrected chi connectivity index (χ1v) is 7.21.